The van der Waals surface area contributed by atoms with Gasteiger partial charge < -0.3 is 10.2 Å². The van der Waals surface area contributed by atoms with Crippen LogP contribution in [-0.2, 0) is 0 Å². The molecule has 44 heavy (non-hydrogen) atoms. The van der Waals surface area contributed by atoms with Gasteiger partial charge in [0.15, 0.2) is 0 Å². The van der Waals surface area contributed by atoms with E-state index >= 15 is 0 Å². The van der Waals surface area contributed by atoms with Gasteiger partial charge in [-0.05, 0) is 73.5 Å². The van der Waals surface area contributed by atoms with Crippen molar-refractivity contribution >= 4 is 34.0 Å². The number of hydrogen-bond acceptors (Lipinski definition) is 6. The number of fused-ring (bicyclic) bond motifs is 2. The van der Waals surface area contributed by atoms with Gasteiger partial charge in [-0.25, -0.2) is 9.59 Å². The maximum absolute atomic E-state index is 12.8. The minimum atomic E-state index is -1.21. The number of aryl methyl sites for hydroxylation is 2. The number of aromatic carboxylic acids is 2. The lowest BCUT2D eigenvalue weighted by Crippen LogP contribution is -2.11. The Balaban J connectivity index is 1.59. The molecule has 0 saturated heterocycles. The molecule has 214 valence electrons. The van der Waals surface area contributed by atoms with Gasteiger partial charge >= 0.3 is 11.9 Å². The molecule has 0 unspecified atom stereocenters. The van der Waals surface area contributed by atoms with Crippen molar-refractivity contribution in [3.05, 3.63) is 119 Å². The van der Waals surface area contributed by atoms with Crippen LogP contribution >= 0.6 is 0 Å². The number of aromatic nitrogens is 6. The van der Waals surface area contributed by atoms with Crippen molar-refractivity contribution in [3.8, 4) is 33.6 Å². The summed E-state index contributed by atoms with van der Waals surface area (Å²) < 4.78 is 0. The normalized spacial score (nSPS) is 11.3. The summed E-state index contributed by atoms with van der Waals surface area (Å²) in [7, 11) is 0. The Bertz CT molecular complexity index is 2060. The molecule has 5 aromatic carbocycles. The molecule has 2 aromatic heterocycles. The predicted molar refractivity (Wildman–Crippen MR) is 166 cm³/mol. The Hall–Kier alpha value is -6.16. The Kier molecular flexibility index (Phi) is 6.24. The standard InChI is InChI=1S/C34H24N6O4/c1-19-11-13-21(29(17-19)39-35-25-7-3-4-8-26(25)36-39)31-23(33(41)42)15-16-24(34(43)44)32(31)22-14-12-20(2)18-30(22)40-37-27-9-5-6-10-28(27)38-40/h3-18H,1-2H3,(H,41,42)(H,43,44). The van der Waals surface area contributed by atoms with Crippen LogP contribution in [0.1, 0.15) is 31.8 Å². The van der Waals surface area contributed by atoms with Crippen molar-refractivity contribution < 1.29 is 19.8 Å². The molecule has 0 atom stereocenters. The zero-order valence-corrected chi connectivity index (χ0v) is 23.6. The first kappa shape index (κ1) is 26.7. The summed E-state index contributed by atoms with van der Waals surface area (Å²) in [6.45, 7) is 3.82. The average molecular weight is 581 g/mol. The van der Waals surface area contributed by atoms with Gasteiger partial charge in [-0.3, -0.25) is 0 Å². The van der Waals surface area contributed by atoms with Crippen LogP contribution in [0.5, 0.6) is 0 Å². The quantitative estimate of drug-likeness (QED) is 0.227. The number of nitrogens with zero attached hydrogens (tertiary/aromatic N) is 6. The molecule has 0 radical (unpaired) electrons. The van der Waals surface area contributed by atoms with E-state index in [4.69, 9.17) is 0 Å². The van der Waals surface area contributed by atoms with Crippen molar-refractivity contribution in [1.29, 1.82) is 0 Å². The zero-order valence-electron chi connectivity index (χ0n) is 23.6. The lowest BCUT2D eigenvalue weighted by molar-refractivity contribution is 0.0682. The molecule has 0 saturated carbocycles. The van der Waals surface area contributed by atoms with Gasteiger partial charge in [0, 0.05) is 22.3 Å². The smallest absolute Gasteiger partial charge is 0.336 e. The fourth-order valence-corrected chi connectivity index (χ4v) is 5.49. The topological polar surface area (TPSA) is 136 Å². The van der Waals surface area contributed by atoms with Gasteiger partial charge in [0.25, 0.3) is 0 Å². The number of hydrogen-bond donors (Lipinski definition) is 2. The monoisotopic (exact) mass is 580 g/mol. The third kappa shape index (κ3) is 4.45. The van der Waals surface area contributed by atoms with Gasteiger partial charge in [0.1, 0.15) is 22.1 Å². The summed E-state index contributed by atoms with van der Waals surface area (Å²) >= 11 is 0. The molecule has 2 N–H and O–H groups in total. The second-order valence-electron chi connectivity index (χ2n) is 10.5. The van der Waals surface area contributed by atoms with E-state index in [1.807, 2.05) is 86.6 Å². The highest BCUT2D eigenvalue weighted by molar-refractivity contribution is 6.09. The van der Waals surface area contributed by atoms with E-state index in [1.54, 1.807) is 12.1 Å². The molecule has 0 aliphatic rings. The van der Waals surface area contributed by atoms with Gasteiger partial charge in [0.2, 0.25) is 0 Å². The molecule has 7 rings (SSSR count). The number of rotatable bonds is 6. The predicted octanol–water partition coefficient (Wildman–Crippen LogP) is 6.50. The fraction of sp³-hybridized carbons (Fsp3) is 0.0588. The number of carboxylic acids is 2. The van der Waals surface area contributed by atoms with Crippen molar-refractivity contribution in [3.63, 3.8) is 0 Å². The second-order valence-corrected chi connectivity index (χ2v) is 10.5. The second kappa shape index (κ2) is 10.3. The Morgan fingerprint density at radius 1 is 0.523 bits per heavy atom. The van der Waals surface area contributed by atoms with E-state index in [0.29, 0.717) is 44.6 Å². The molecule has 0 amide bonds. The zero-order chi connectivity index (χ0) is 30.5. The Morgan fingerprint density at radius 2 is 0.864 bits per heavy atom. The van der Waals surface area contributed by atoms with E-state index in [-0.39, 0.29) is 22.3 Å². The first-order chi connectivity index (χ1) is 21.3. The van der Waals surface area contributed by atoms with E-state index < -0.39 is 11.9 Å². The summed E-state index contributed by atoms with van der Waals surface area (Å²) in [4.78, 5) is 28.6. The highest BCUT2D eigenvalue weighted by atomic mass is 16.4. The minimum absolute atomic E-state index is 0.0723. The average Bonchev–Trinajstić information content (AvgIpc) is 3.65. The van der Waals surface area contributed by atoms with Crippen LogP contribution in [0.3, 0.4) is 0 Å². The summed E-state index contributed by atoms with van der Waals surface area (Å²) in [6, 6.07) is 28.4. The number of carbonyl (C=O) groups is 2. The summed E-state index contributed by atoms with van der Waals surface area (Å²) in [5.74, 6) is -2.42. The molecular weight excluding hydrogens is 556 g/mol. The molecule has 7 aromatic rings. The third-order valence-corrected chi connectivity index (χ3v) is 7.52. The molecule has 0 aliphatic heterocycles. The highest BCUT2D eigenvalue weighted by Crippen LogP contribution is 2.43. The number of carboxylic acid groups (broad SMARTS) is 2. The number of benzene rings is 5. The van der Waals surface area contributed by atoms with Gasteiger partial charge in [-0.2, -0.15) is 0 Å². The van der Waals surface area contributed by atoms with Crippen LogP contribution in [-0.4, -0.2) is 52.1 Å². The molecule has 10 nitrogen and oxygen atoms in total. The van der Waals surface area contributed by atoms with E-state index in [2.05, 4.69) is 20.4 Å². The minimum Gasteiger partial charge on any atom is -0.478 e. The van der Waals surface area contributed by atoms with Crippen molar-refractivity contribution in [1.82, 2.24) is 30.0 Å². The molecule has 0 spiro atoms. The molecule has 10 heteroatoms. The fourth-order valence-electron chi connectivity index (χ4n) is 5.49. The Morgan fingerprint density at radius 3 is 1.18 bits per heavy atom. The molecule has 2 heterocycles. The summed E-state index contributed by atoms with van der Waals surface area (Å²) in [5.41, 5.74) is 6.64. The van der Waals surface area contributed by atoms with Crippen LogP contribution in [0.2, 0.25) is 0 Å². The van der Waals surface area contributed by atoms with Crippen molar-refractivity contribution in [2.75, 3.05) is 0 Å². The third-order valence-electron chi connectivity index (χ3n) is 7.52. The first-order valence-electron chi connectivity index (χ1n) is 13.8. The van der Waals surface area contributed by atoms with Crippen LogP contribution in [0.15, 0.2) is 97.1 Å². The molecule has 0 bridgehead atoms. The lowest BCUT2D eigenvalue weighted by atomic mass is 9.85. The van der Waals surface area contributed by atoms with Crippen LogP contribution in [0, 0.1) is 13.8 Å². The highest BCUT2D eigenvalue weighted by Gasteiger charge is 2.28. The maximum Gasteiger partial charge on any atom is 0.336 e. The van der Waals surface area contributed by atoms with Crippen molar-refractivity contribution in [2.24, 2.45) is 0 Å². The molecular formula is C34H24N6O4. The van der Waals surface area contributed by atoms with Crippen molar-refractivity contribution in [2.45, 2.75) is 13.8 Å². The lowest BCUT2D eigenvalue weighted by Gasteiger charge is -2.20. The van der Waals surface area contributed by atoms with Gasteiger partial charge in [0.05, 0.1) is 22.5 Å². The maximum atomic E-state index is 12.8. The van der Waals surface area contributed by atoms with Crippen LogP contribution in [0.4, 0.5) is 0 Å². The Labute approximate surface area is 250 Å². The van der Waals surface area contributed by atoms with E-state index in [9.17, 15) is 19.8 Å². The van der Waals surface area contributed by atoms with E-state index in [1.165, 1.54) is 21.7 Å². The van der Waals surface area contributed by atoms with Crippen LogP contribution in [0.25, 0.3) is 55.7 Å². The first-order valence-corrected chi connectivity index (χ1v) is 13.8. The van der Waals surface area contributed by atoms with E-state index in [0.717, 1.165) is 11.1 Å². The summed E-state index contributed by atoms with van der Waals surface area (Å²) in [6.07, 6.45) is 0. The van der Waals surface area contributed by atoms with Gasteiger partial charge in [-0.15, -0.1) is 30.0 Å². The van der Waals surface area contributed by atoms with Crippen LogP contribution < -0.4 is 0 Å². The molecule has 0 aliphatic carbocycles. The van der Waals surface area contributed by atoms with Gasteiger partial charge in [-0.1, -0.05) is 48.5 Å². The summed E-state index contributed by atoms with van der Waals surface area (Å²) in [5, 5.41) is 39.6. The molecule has 0 fully saturated rings. The largest absolute Gasteiger partial charge is 0.478 e. The SMILES string of the molecule is Cc1ccc(-c2c(C(=O)O)ccc(C(=O)O)c2-c2ccc(C)cc2-n2nc3ccccc3n2)c(-n2nc3ccccc3n2)c1.